The molecule has 3 aromatic carbocycles. The quantitative estimate of drug-likeness (QED) is 0.223. The lowest BCUT2D eigenvalue weighted by molar-refractivity contribution is -0.160. The van der Waals surface area contributed by atoms with E-state index in [2.05, 4.69) is 26.0 Å². The van der Waals surface area contributed by atoms with Crippen LogP contribution in [0.5, 0.6) is 0 Å². The van der Waals surface area contributed by atoms with Gasteiger partial charge in [-0.15, -0.1) is 0 Å². The van der Waals surface area contributed by atoms with Crippen molar-refractivity contribution in [2.45, 2.75) is 56.4 Å². The summed E-state index contributed by atoms with van der Waals surface area (Å²) in [5.41, 5.74) is 3.69. The fraction of sp³-hybridized carbons (Fsp3) is 0.303. The van der Waals surface area contributed by atoms with Gasteiger partial charge in [0, 0.05) is 22.9 Å². The van der Waals surface area contributed by atoms with Crippen LogP contribution < -0.4 is 4.90 Å². The fourth-order valence-electron chi connectivity index (χ4n) is 5.27. The first-order valence-corrected chi connectivity index (χ1v) is 15.5. The van der Waals surface area contributed by atoms with Crippen molar-refractivity contribution in [2.75, 3.05) is 17.2 Å². The number of carbonyl (C=O) groups excluding carboxylic acids is 3. The van der Waals surface area contributed by atoms with Gasteiger partial charge in [0.15, 0.2) is 0 Å². The van der Waals surface area contributed by atoms with Gasteiger partial charge in [0.25, 0.3) is 5.12 Å². The smallest absolute Gasteiger partial charge is 0.349 e. The fourth-order valence-corrected chi connectivity index (χ4v) is 7.17. The van der Waals surface area contributed by atoms with Crippen LogP contribution in [0.2, 0.25) is 0 Å². The lowest BCUT2D eigenvalue weighted by atomic mass is 9.82. The van der Waals surface area contributed by atoms with Gasteiger partial charge in [-0.1, -0.05) is 92.0 Å². The summed E-state index contributed by atoms with van der Waals surface area (Å²) in [4.78, 5) is 40.3. The molecule has 1 unspecified atom stereocenters. The van der Waals surface area contributed by atoms with Gasteiger partial charge in [-0.3, -0.25) is 9.59 Å². The Hall–Kier alpha value is -3.49. The Labute approximate surface area is 249 Å². The molecule has 1 saturated heterocycles. The molecule has 2 aliphatic heterocycles. The van der Waals surface area contributed by atoms with Crippen molar-refractivity contribution >= 4 is 46.2 Å². The van der Waals surface area contributed by atoms with Crippen LogP contribution in [0.3, 0.4) is 0 Å². The number of aryl methyl sites for hydroxylation is 2. The SMILES string of the molecule is Cc1ccc(C(C)C)c(SC2=C(O)CC(CCc3ccc(N4CCSC(=O)C4=O)cc3)(c3ccccc3)OC2=O)c1. The third kappa shape index (κ3) is 6.23. The van der Waals surface area contributed by atoms with Gasteiger partial charge in [0.1, 0.15) is 16.3 Å². The number of nitrogens with zero attached hydrogens (tertiary/aromatic N) is 1. The number of amides is 1. The first kappa shape index (κ1) is 29.0. The monoisotopic (exact) mass is 587 g/mol. The minimum absolute atomic E-state index is 0.0350. The Morgan fingerprint density at radius 1 is 1.02 bits per heavy atom. The molecule has 0 aliphatic carbocycles. The zero-order valence-electron chi connectivity index (χ0n) is 23.4. The van der Waals surface area contributed by atoms with E-state index >= 15 is 0 Å². The molecule has 212 valence electrons. The maximum Gasteiger partial charge on any atom is 0.349 e. The molecule has 1 N–H and O–H groups in total. The summed E-state index contributed by atoms with van der Waals surface area (Å²) < 4.78 is 6.24. The first-order chi connectivity index (χ1) is 19.7. The van der Waals surface area contributed by atoms with E-state index < -0.39 is 22.6 Å². The number of aliphatic hydroxyl groups excluding tert-OH is 1. The van der Waals surface area contributed by atoms with Gasteiger partial charge >= 0.3 is 11.9 Å². The van der Waals surface area contributed by atoms with Gasteiger partial charge in [-0.05, 0) is 66.1 Å². The van der Waals surface area contributed by atoms with E-state index in [1.54, 1.807) is 0 Å². The number of hydrogen-bond donors (Lipinski definition) is 1. The predicted octanol–water partition coefficient (Wildman–Crippen LogP) is 7.06. The summed E-state index contributed by atoms with van der Waals surface area (Å²) in [5.74, 6) is -0.138. The number of cyclic esters (lactones) is 1. The third-order valence-electron chi connectivity index (χ3n) is 7.52. The van der Waals surface area contributed by atoms with Crippen LogP contribution in [0.4, 0.5) is 5.69 Å². The van der Waals surface area contributed by atoms with E-state index in [0.717, 1.165) is 38.9 Å². The van der Waals surface area contributed by atoms with Crippen LogP contribution in [0.1, 0.15) is 54.9 Å². The van der Waals surface area contributed by atoms with E-state index in [1.807, 2.05) is 67.6 Å². The van der Waals surface area contributed by atoms with Gasteiger partial charge in [-0.2, -0.15) is 0 Å². The largest absolute Gasteiger partial charge is 0.511 e. The predicted molar refractivity (Wildman–Crippen MR) is 164 cm³/mol. The second-order valence-electron chi connectivity index (χ2n) is 10.8. The summed E-state index contributed by atoms with van der Waals surface area (Å²) in [5, 5.41) is 10.9. The Morgan fingerprint density at radius 3 is 2.44 bits per heavy atom. The lowest BCUT2D eigenvalue weighted by Crippen LogP contribution is -2.41. The zero-order chi connectivity index (χ0) is 29.1. The number of carbonyl (C=O) groups is 3. The second-order valence-corrected chi connectivity index (χ2v) is 12.9. The van der Waals surface area contributed by atoms with Gasteiger partial charge < -0.3 is 14.7 Å². The molecular weight excluding hydrogens is 554 g/mol. The molecule has 41 heavy (non-hydrogen) atoms. The Bertz CT molecular complexity index is 1500. The first-order valence-electron chi connectivity index (χ1n) is 13.7. The molecule has 0 saturated carbocycles. The minimum atomic E-state index is -1.02. The molecule has 0 radical (unpaired) electrons. The molecular formula is C33H33NO5S2. The summed E-state index contributed by atoms with van der Waals surface area (Å²) in [7, 11) is 0. The molecule has 0 aromatic heterocycles. The molecule has 3 aromatic rings. The summed E-state index contributed by atoms with van der Waals surface area (Å²) in [6, 6.07) is 23.3. The number of benzene rings is 3. The summed E-state index contributed by atoms with van der Waals surface area (Å²) >= 11 is 2.33. The van der Waals surface area contributed by atoms with Crippen molar-refractivity contribution in [3.8, 4) is 0 Å². The van der Waals surface area contributed by atoms with Gasteiger partial charge in [0.05, 0.1) is 6.42 Å². The average molecular weight is 588 g/mol. The maximum atomic E-state index is 13.5. The Balaban J connectivity index is 1.39. The number of thioether (sulfide) groups is 2. The zero-order valence-corrected chi connectivity index (χ0v) is 25.0. The maximum absolute atomic E-state index is 13.5. The van der Waals surface area contributed by atoms with E-state index in [4.69, 9.17) is 4.74 Å². The van der Waals surface area contributed by atoms with E-state index in [9.17, 15) is 19.5 Å². The van der Waals surface area contributed by atoms with Crippen molar-refractivity contribution in [1.82, 2.24) is 0 Å². The van der Waals surface area contributed by atoms with Crippen LogP contribution in [0.15, 0.2) is 88.4 Å². The van der Waals surface area contributed by atoms with Crippen LogP contribution in [-0.2, 0) is 31.1 Å². The third-order valence-corrected chi connectivity index (χ3v) is 9.53. The van der Waals surface area contributed by atoms with Crippen LogP contribution in [-0.4, -0.2) is 34.4 Å². The molecule has 1 atom stereocenters. The van der Waals surface area contributed by atoms with Crippen LogP contribution >= 0.6 is 23.5 Å². The lowest BCUT2D eigenvalue weighted by Gasteiger charge is -2.37. The van der Waals surface area contributed by atoms with Crippen molar-refractivity contribution in [2.24, 2.45) is 0 Å². The minimum Gasteiger partial charge on any atom is -0.511 e. The number of rotatable bonds is 8. The molecule has 2 heterocycles. The Morgan fingerprint density at radius 2 is 1.76 bits per heavy atom. The van der Waals surface area contributed by atoms with Crippen molar-refractivity contribution in [1.29, 1.82) is 0 Å². The van der Waals surface area contributed by atoms with E-state index in [-0.39, 0.29) is 23.0 Å². The van der Waals surface area contributed by atoms with Gasteiger partial charge in [0.2, 0.25) is 0 Å². The average Bonchev–Trinajstić information content (AvgIpc) is 2.96. The molecule has 6 nitrogen and oxygen atoms in total. The normalized spacial score (nSPS) is 19.6. The number of anilines is 1. The standard InChI is InChI=1S/C33H33NO5S2/c1-21(2)26-14-9-22(3)19-28(26)41-29-27(35)20-33(39-31(29)37,24-7-5-4-6-8-24)16-15-23-10-12-25(13-11-23)34-17-18-40-32(38)30(34)36/h4-14,19,21,35H,15-18,20H2,1-3H3. The molecule has 1 fully saturated rings. The summed E-state index contributed by atoms with van der Waals surface area (Å²) in [6.07, 6.45) is 1.22. The van der Waals surface area contributed by atoms with Crippen molar-refractivity contribution in [3.05, 3.63) is 106 Å². The molecule has 0 spiro atoms. The molecule has 5 rings (SSSR count). The highest BCUT2D eigenvalue weighted by Crippen LogP contribution is 2.46. The number of aliphatic hydroxyl groups is 1. The molecule has 2 aliphatic rings. The number of ether oxygens (including phenoxy) is 1. The molecule has 1 amide bonds. The van der Waals surface area contributed by atoms with Crippen molar-refractivity contribution in [3.63, 3.8) is 0 Å². The second kappa shape index (κ2) is 12.2. The van der Waals surface area contributed by atoms with Gasteiger partial charge in [-0.25, -0.2) is 4.79 Å². The van der Waals surface area contributed by atoms with E-state index in [0.29, 0.717) is 30.8 Å². The topological polar surface area (TPSA) is 83.9 Å². The van der Waals surface area contributed by atoms with E-state index in [1.165, 1.54) is 16.7 Å². The summed E-state index contributed by atoms with van der Waals surface area (Å²) in [6.45, 7) is 6.72. The highest BCUT2D eigenvalue weighted by Gasteiger charge is 2.43. The van der Waals surface area contributed by atoms with Crippen molar-refractivity contribution < 1.29 is 24.2 Å². The number of esters is 1. The molecule has 8 heteroatoms. The Kier molecular flexibility index (Phi) is 8.61. The highest BCUT2D eigenvalue weighted by molar-refractivity contribution is 8.15. The van der Waals surface area contributed by atoms with Crippen LogP contribution in [0, 0.1) is 6.92 Å². The highest BCUT2D eigenvalue weighted by atomic mass is 32.2. The number of hydrogen-bond acceptors (Lipinski definition) is 7. The molecule has 0 bridgehead atoms. The van der Waals surface area contributed by atoms with Crippen LogP contribution in [0.25, 0.3) is 0 Å².